The summed E-state index contributed by atoms with van der Waals surface area (Å²) in [6.45, 7) is 2.26. The number of hydrogen-bond donors (Lipinski definition) is 1. The summed E-state index contributed by atoms with van der Waals surface area (Å²) < 4.78 is 57.5. The van der Waals surface area contributed by atoms with E-state index >= 15 is 0 Å². The van der Waals surface area contributed by atoms with Crippen LogP contribution in [-0.4, -0.2) is 48.5 Å². The van der Waals surface area contributed by atoms with E-state index in [1.54, 1.807) is 5.57 Å². The third-order valence-electron chi connectivity index (χ3n) is 5.37. The number of fused-ring (bicyclic) bond motifs is 2. The molecule has 0 unspecified atom stereocenters. The predicted molar refractivity (Wildman–Crippen MR) is 113 cm³/mol. The van der Waals surface area contributed by atoms with E-state index in [1.165, 1.54) is 28.0 Å². The molecule has 10 heteroatoms. The van der Waals surface area contributed by atoms with E-state index in [0.29, 0.717) is 0 Å². The van der Waals surface area contributed by atoms with Crippen LogP contribution in [0.15, 0.2) is 42.1 Å². The van der Waals surface area contributed by atoms with Crippen molar-refractivity contribution in [2.24, 2.45) is 0 Å². The average Bonchev–Trinajstić information content (AvgIpc) is 2.84. The van der Waals surface area contributed by atoms with Crippen LogP contribution in [0.2, 0.25) is 5.02 Å². The van der Waals surface area contributed by atoms with Crippen molar-refractivity contribution >= 4 is 27.3 Å². The van der Waals surface area contributed by atoms with Crippen molar-refractivity contribution < 1.29 is 26.1 Å². The number of rotatable bonds is 0. The second-order valence-electron chi connectivity index (χ2n) is 7.52. The summed E-state index contributed by atoms with van der Waals surface area (Å²) in [5.41, 5.74) is 2.64. The Kier molecular flexibility index (Phi) is 7.10. The smallest absolute Gasteiger partial charge is 0.306 e. The van der Waals surface area contributed by atoms with Crippen molar-refractivity contribution in [3.8, 4) is 0 Å². The van der Waals surface area contributed by atoms with Crippen LogP contribution in [0.5, 0.6) is 0 Å². The van der Waals surface area contributed by atoms with Crippen LogP contribution in [-0.2, 0) is 23.0 Å². The first-order valence-corrected chi connectivity index (χ1v) is 11.5. The van der Waals surface area contributed by atoms with Gasteiger partial charge in [-0.1, -0.05) is 29.3 Å². The van der Waals surface area contributed by atoms with Crippen LogP contribution in [0, 0.1) is 0 Å². The number of halogens is 4. The summed E-state index contributed by atoms with van der Waals surface area (Å²) >= 11 is 6.26. The normalized spacial score (nSPS) is 17.2. The summed E-state index contributed by atoms with van der Waals surface area (Å²) in [6, 6.07) is 10.6. The maximum Gasteiger partial charge on any atom is 0.522 e. The molecule has 5 nitrogen and oxygen atoms in total. The molecule has 168 valence electrons. The van der Waals surface area contributed by atoms with E-state index in [9.17, 15) is 13.2 Å². The zero-order valence-electron chi connectivity index (χ0n) is 16.8. The minimum absolute atomic E-state index is 0.829. The lowest BCUT2D eigenvalue weighted by Gasteiger charge is -2.27. The van der Waals surface area contributed by atoms with Crippen molar-refractivity contribution in [2.75, 3.05) is 20.1 Å². The highest BCUT2D eigenvalue weighted by Gasteiger charge is 2.44. The number of likely N-dealkylation sites (tertiary alicyclic amines) is 1. The van der Waals surface area contributed by atoms with Gasteiger partial charge in [0.2, 0.25) is 0 Å². The van der Waals surface area contributed by atoms with Crippen molar-refractivity contribution in [2.45, 2.75) is 31.2 Å². The second-order valence-corrected chi connectivity index (χ2v) is 9.36. The SMILES string of the molecule is CN1CCC(=C2c3ccc(Cl)cc3CCc3cccnc32)CC1.O=S(=O)(O)C(F)(F)F. The zero-order valence-corrected chi connectivity index (χ0v) is 18.4. The third-order valence-corrected chi connectivity index (χ3v) is 6.19. The minimum atomic E-state index is -5.84. The summed E-state index contributed by atoms with van der Waals surface area (Å²) in [5, 5.41) is 0.829. The fourth-order valence-corrected chi connectivity index (χ4v) is 3.97. The number of benzene rings is 1. The zero-order chi connectivity index (χ0) is 22.8. The quantitative estimate of drug-likeness (QED) is 0.440. The van der Waals surface area contributed by atoms with Gasteiger partial charge in [-0.3, -0.25) is 9.54 Å². The van der Waals surface area contributed by atoms with Crippen molar-refractivity contribution in [1.29, 1.82) is 0 Å². The maximum absolute atomic E-state index is 10.7. The van der Waals surface area contributed by atoms with E-state index in [-0.39, 0.29) is 0 Å². The molecule has 1 aromatic carbocycles. The number of alkyl halides is 3. The number of hydrogen-bond acceptors (Lipinski definition) is 4. The van der Waals surface area contributed by atoms with Crippen LogP contribution in [0.1, 0.15) is 35.2 Å². The van der Waals surface area contributed by atoms with E-state index in [0.717, 1.165) is 43.8 Å². The fourth-order valence-electron chi connectivity index (χ4n) is 3.77. The van der Waals surface area contributed by atoms with Gasteiger partial charge in [0.15, 0.2) is 0 Å². The van der Waals surface area contributed by atoms with Gasteiger partial charge in [0.25, 0.3) is 0 Å². The lowest BCUT2D eigenvalue weighted by molar-refractivity contribution is -0.0510. The van der Waals surface area contributed by atoms with E-state index in [2.05, 4.69) is 36.2 Å². The molecule has 2 aliphatic rings. The molecule has 1 saturated heterocycles. The number of nitrogens with zero attached hydrogens (tertiary/aromatic N) is 2. The third kappa shape index (κ3) is 5.65. The molecule has 2 heterocycles. The first-order valence-electron chi connectivity index (χ1n) is 9.65. The standard InChI is InChI=1S/C20H21ClN2.CHF3O3S/c1-23-11-8-14(9-12-23)19-18-7-6-17(21)13-16(18)5-4-15-3-2-10-22-20(15)19;2-1(3,4)8(5,6)7/h2-3,6-7,10,13H,4-5,8-9,11-12H2,1H3;(H,5,6,7). The lowest BCUT2D eigenvalue weighted by atomic mass is 9.89. The van der Waals surface area contributed by atoms with Crippen LogP contribution in [0.3, 0.4) is 0 Å². The molecule has 0 bridgehead atoms. The minimum Gasteiger partial charge on any atom is -0.306 e. The number of pyridine rings is 1. The van der Waals surface area contributed by atoms with Crippen molar-refractivity contribution in [3.63, 3.8) is 0 Å². The molecule has 4 rings (SSSR count). The highest BCUT2D eigenvalue weighted by atomic mass is 35.5. The van der Waals surface area contributed by atoms with Gasteiger partial charge in [-0.25, -0.2) is 0 Å². The number of aromatic nitrogens is 1. The lowest BCUT2D eigenvalue weighted by Crippen LogP contribution is -2.27. The molecular formula is C21H22ClF3N2O3S. The Balaban J connectivity index is 0.000000293. The Morgan fingerprint density at radius 1 is 1.06 bits per heavy atom. The van der Waals surface area contributed by atoms with Crippen molar-refractivity contribution in [1.82, 2.24) is 9.88 Å². The highest BCUT2D eigenvalue weighted by molar-refractivity contribution is 7.86. The van der Waals surface area contributed by atoms with Crippen LogP contribution < -0.4 is 0 Å². The molecule has 0 amide bonds. The molecule has 0 radical (unpaired) electrons. The van der Waals surface area contributed by atoms with E-state index < -0.39 is 15.6 Å². The molecule has 0 atom stereocenters. The van der Waals surface area contributed by atoms with Crippen molar-refractivity contribution in [3.05, 3.63) is 69.5 Å². The van der Waals surface area contributed by atoms with E-state index in [4.69, 9.17) is 29.6 Å². The van der Waals surface area contributed by atoms with Gasteiger partial charge in [-0.15, -0.1) is 0 Å². The molecule has 0 saturated carbocycles. The predicted octanol–water partition coefficient (Wildman–Crippen LogP) is 4.76. The Hall–Kier alpha value is -1.94. The molecule has 1 aliphatic heterocycles. The maximum atomic E-state index is 10.7. The molecule has 1 aromatic heterocycles. The van der Waals surface area contributed by atoms with Crippen LogP contribution in [0.4, 0.5) is 13.2 Å². The Morgan fingerprint density at radius 3 is 2.29 bits per heavy atom. The Bertz CT molecular complexity index is 1090. The monoisotopic (exact) mass is 474 g/mol. The molecular weight excluding hydrogens is 453 g/mol. The van der Waals surface area contributed by atoms with Gasteiger partial charge < -0.3 is 4.90 Å². The second kappa shape index (κ2) is 9.28. The Morgan fingerprint density at radius 2 is 1.68 bits per heavy atom. The largest absolute Gasteiger partial charge is 0.522 e. The van der Waals surface area contributed by atoms with E-state index in [1.807, 2.05) is 12.3 Å². The highest BCUT2D eigenvalue weighted by Crippen LogP contribution is 2.38. The number of piperidine rings is 1. The van der Waals surface area contributed by atoms with Gasteiger partial charge in [0.1, 0.15) is 0 Å². The van der Waals surface area contributed by atoms with Gasteiger partial charge in [0.05, 0.1) is 5.69 Å². The number of aryl methyl sites for hydroxylation is 2. The van der Waals surface area contributed by atoms with Gasteiger partial charge in [-0.05, 0) is 67.6 Å². The molecule has 1 N–H and O–H groups in total. The van der Waals surface area contributed by atoms with Gasteiger partial charge in [0, 0.05) is 29.9 Å². The first kappa shape index (κ1) is 23.7. The fraction of sp³-hybridized carbons (Fsp3) is 0.381. The molecule has 1 aliphatic carbocycles. The van der Waals surface area contributed by atoms with Crippen LogP contribution >= 0.6 is 11.6 Å². The first-order chi connectivity index (χ1) is 14.5. The molecule has 0 spiro atoms. The van der Waals surface area contributed by atoms with Gasteiger partial charge >= 0.3 is 15.6 Å². The summed E-state index contributed by atoms with van der Waals surface area (Å²) in [7, 11) is -3.64. The molecule has 1 fully saturated rings. The summed E-state index contributed by atoms with van der Waals surface area (Å²) in [5.74, 6) is 0. The topological polar surface area (TPSA) is 70.5 Å². The molecule has 31 heavy (non-hydrogen) atoms. The Labute approximate surface area is 184 Å². The molecule has 2 aromatic rings. The summed E-state index contributed by atoms with van der Waals surface area (Å²) in [6.07, 6.45) is 6.25. The van der Waals surface area contributed by atoms with Gasteiger partial charge in [-0.2, -0.15) is 21.6 Å². The summed E-state index contributed by atoms with van der Waals surface area (Å²) in [4.78, 5) is 7.18. The van der Waals surface area contributed by atoms with Crippen LogP contribution in [0.25, 0.3) is 5.57 Å². The average molecular weight is 475 g/mol.